The van der Waals surface area contributed by atoms with Gasteiger partial charge in [-0.2, -0.15) is 0 Å². The van der Waals surface area contributed by atoms with Crippen molar-refractivity contribution in [3.05, 3.63) is 34.9 Å². The lowest BCUT2D eigenvalue weighted by atomic mass is 10.2. The second-order valence-electron chi connectivity index (χ2n) is 5.55. The first-order valence-corrected chi connectivity index (χ1v) is 7.02. The monoisotopic (exact) mass is 290 g/mol. The Morgan fingerprint density at radius 2 is 2.29 bits per heavy atom. The fourth-order valence-electron chi connectivity index (χ4n) is 2.33. The first-order valence-electron chi connectivity index (χ1n) is 7.02. The first-order chi connectivity index (χ1) is 10.1. The predicted molar refractivity (Wildman–Crippen MR) is 75.8 cm³/mol. The maximum atomic E-state index is 12.1. The van der Waals surface area contributed by atoms with E-state index in [4.69, 9.17) is 0 Å². The summed E-state index contributed by atoms with van der Waals surface area (Å²) in [6.07, 6.45) is 3.19. The summed E-state index contributed by atoms with van der Waals surface area (Å²) in [5.41, 5.74) is 0.172. The van der Waals surface area contributed by atoms with Gasteiger partial charge in [0.05, 0.1) is 6.10 Å². The highest BCUT2D eigenvalue weighted by Crippen LogP contribution is 2.32. The van der Waals surface area contributed by atoms with Crippen LogP contribution in [0.2, 0.25) is 0 Å². The van der Waals surface area contributed by atoms with Crippen LogP contribution in [0.1, 0.15) is 12.8 Å². The minimum atomic E-state index is -0.475. The van der Waals surface area contributed by atoms with Gasteiger partial charge in [-0.1, -0.05) is 6.07 Å². The van der Waals surface area contributed by atoms with Gasteiger partial charge < -0.3 is 10.0 Å². The third-order valence-electron chi connectivity index (χ3n) is 3.83. The molecule has 7 nitrogen and oxygen atoms in total. The van der Waals surface area contributed by atoms with E-state index < -0.39 is 6.10 Å². The topological polar surface area (TPSA) is 79.8 Å². The van der Waals surface area contributed by atoms with Gasteiger partial charge in [-0.05, 0) is 30.9 Å². The number of hydrogen-bond donors (Lipinski definition) is 1. The summed E-state index contributed by atoms with van der Waals surface area (Å²) in [5, 5.41) is 14.0. The van der Waals surface area contributed by atoms with Crippen molar-refractivity contribution >= 4 is 11.6 Å². The van der Waals surface area contributed by atoms with Gasteiger partial charge in [0.2, 0.25) is 5.91 Å². The van der Waals surface area contributed by atoms with E-state index in [0.29, 0.717) is 18.1 Å². The van der Waals surface area contributed by atoms with Gasteiger partial charge in [-0.3, -0.25) is 9.20 Å². The molecule has 1 aliphatic carbocycles. The summed E-state index contributed by atoms with van der Waals surface area (Å²) < 4.78 is 2.55. The number of aliphatic hydroxyl groups is 1. The van der Waals surface area contributed by atoms with Crippen LogP contribution in [0.5, 0.6) is 0 Å². The maximum absolute atomic E-state index is 12.1. The Morgan fingerprint density at radius 1 is 1.52 bits per heavy atom. The maximum Gasteiger partial charge on any atom is 0.350 e. The van der Waals surface area contributed by atoms with Gasteiger partial charge in [0, 0.05) is 19.8 Å². The van der Waals surface area contributed by atoms with Gasteiger partial charge in [-0.15, -0.1) is 5.10 Å². The van der Waals surface area contributed by atoms with Crippen molar-refractivity contribution in [3.63, 3.8) is 0 Å². The molecule has 1 unspecified atom stereocenters. The van der Waals surface area contributed by atoms with Crippen LogP contribution in [0.4, 0.5) is 0 Å². The van der Waals surface area contributed by atoms with E-state index in [1.54, 1.807) is 31.4 Å². The van der Waals surface area contributed by atoms with Crippen molar-refractivity contribution in [2.75, 3.05) is 13.6 Å². The smallest absolute Gasteiger partial charge is 0.350 e. The summed E-state index contributed by atoms with van der Waals surface area (Å²) in [5.74, 6) is 0.0818. The Morgan fingerprint density at radius 3 is 2.95 bits per heavy atom. The molecule has 1 aliphatic rings. The zero-order valence-corrected chi connectivity index (χ0v) is 11.8. The molecule has 0 aromatic carbocycles. The average Bonchev–Trinajstić information content (AvgIpc) is 3.26. The second kappa shape index (κ2) is 5.33. The highest BCUT2D eigenvalue weighted by atomic mass is 16.3. The Hall–Kier alpha value is -2.15. The molecule has 3 rings (SSSR count). The first kappa shape index (κ1) is 13.8. The molecule has 112 valence electrons. The molecule has 1 amide bonds. The Balaban J connectivity index is 1.70. The van der Waals surface area contributed by atoms with Crippen LogP contribution >= 0.6 is 0 Å². The molecule has 21 heavy (non-hydrogen) atoms. The summed E-state index contributed by atoms with van der Waals surface area (Å²) in [4.78, 5) is 25.7. The van der Waals surface area contributed by atoms with Gasteiger partial charge in [0.15, 0.2) is 5.65 Å². The molecule has 2 aromatic rings. The number of hydrogen-bond acceptors (Lipinski definition) is 4. The third-order valence-corrected chi connectivity index (χ3v) is 3.83. The van der Waals surface area contributed by atoms with E-state index in [9.17, 15) is 14.7 Å². The standard InChI is InChI=1S/C14H18N4O3/c1-16(8-11(19)10-5-6-10)13(20)9-18-14(21)17-7-3-2-4-12(17)15-18/h2-4,7,10-11,19H,5-6,8-9H2,1H3. The summed E-state index contributed by atoms with van der Waals surface area (Å²) in [6.45, 7) is 0.181. The zero-order chi connectivity index (χ0) is 15.0. The molecule has 0 bridgehead atoms. The number of nitrogens with zero attached hydrogens (tertiary/aromatic N) is 4. The Kier molecular flexibility index (Phi) is 3.50. The molecule has 0 aliphatic heterocycles. The van der Waals surface area contributed by atoms with E-state index >= 15 is 0 Å². The third kappa shape index (κ3) is 2.82. The molecule has 0 spiro atoms. The molecule has 7 heteroatoms. The summed E-state index contributed by atoms with van der Waals surface area (Å²) in [6, 6.07) is 5.23. The number of rotatable bonds is 5. The van der Waals surface area contributed by atoms with Crippen molar-refractivity contribution < 1.29 is 9.90 Å². The summed E-state index contributed by atoms with van der Waals surface area (Å²) in [7, 11) is 1.63. The van der Waals surface area contributed by atoms with E-state index in [-0.39, 0.29) is 18.1 Å². The number of pyridine rings is 1. The molecule has 1 saturated carbocycles. The number of amides is 1. The fourth-order valence-corrected chi connectivity index (χ4v) is 2.33. The molecule has 1 atom stereocenters. The van der Waals surface area contributed by atoms with Gasteiger partial charge >= 0.3 is 5.69 Å². The number of carbonyl (C=O) groups excluding carboxylic acids is 1. The van der Waals surface area contributed by atoms with Crippen LogP contribution in [0.15, 0.2) is 29.2 Å². The van der Waals surface area contributed by atoms with Gasteiger partial charge in [-0.25, -0.2) is 9.48 Å². The largest absolute Gasteiger partial charge is 0.391 e. The van der Waals surface area contributed by atoms with E-state index in [2.05, 4.69) is 5.10 Å². The normalized spacial score (nSPS) is 16.1. The fraction of sp³-hybridized carbons (Fsp3) is 0.500. The molecular formula is C14H18N4O3. The van der Waals surface area contributed by atoms with Crippen LogP contribution in [-0.4, -0.2) is 49.8 Å². The SMILES string of the molecule is CN(CC(O)C1CC1)C(=O)Cn1nc2ccccn2c1=O. The molecule has 2 aromatic heterocycles. The van der Waals surface area contributed by atoms with Crippen LogP contribution in [-0.2, 0) is 11.3 Å². The number of aliphatic hydroxyl groups excluding tert-OH is 1. The lowest BCUT2D eigenvalue weighted by molar-refractivity contribution is -0.132. The molecule has 0 saturated heterocycles. The van der Waals surface area contributed by atoms with E-state index in [0.717, 1.165) is 17.5 Å². The molecule has 0 radical (unpaired) electrons. The van der Waals surface area contributed by atoms with E-state index in [1.807, 2.05) is 0 Å². The van der Waals surface area contributed by atoms with Crippen LogP contribution in [0.25, 0.3) is 5.65 Å². The van der Waals surface area contributed by atoms with Crippen molar-refractivity contribution in [2.24, 2.45) is 5.92 Å². The van der Waals surface area contributed by atoms with Crippen molar-refractivity contribution in [2.45, 2.75) is 25.5 Å². The van der Waals surface area contributed by atoms with Crippen molar-refractivity contribution in [1.82, 2.24) is 19.1 Å². The number of fused-ring (bicyclic) bond motifs is 1. The van der Waals surface area contributed by atoms with E-state index in [1.165, 1.54) is 9.30 Å². The highest BCUT2D eigenvalue weighted by Gasteiger charge is 2.31. The predicted octanol–water partition coefficient (Wildman–Crippen LogP) is -0.275. The quantitative estimate of drug-likeness (QED) is 0.822. The minimum Gasteiger partial charge on any atom is -0.391 e. The zero-order valence-electron chi connectivity index (χ0n) is 11.8. The van der Waals surface area contributed by atoms with Crippen molar-refractivity contribution in [3.8, 4) is 0 Å². The molecule has 1 fully saturated rings. The molecule has 2 heterocycles. The molecule has 1 N–H and O–H groups in total. The number of carbonyl (C=O) groups is 1. The van der Waals surface area contributed by atoms with Crippen LogP contribution in [0.3, 0.4) is 0 Å². The van der Waals surface area contributed by atoms with Gasteiger partial charge in [0.25, 0.3) is 0 Å². The number of aromatic nitrogens is 3. The Bertz CT molecular complexity index is 716. The highest BCUT2D eigenvalue weighted by molar-refractivity contribution is 5.75. The lowest BCUT2D eigenvalue weighted by Gasteiger charge is -2.20. The second-order valence-corrected chi connectivity index (χ2v) is 5.55. The average molecular weight is 290 g/mol. The Labute approximate surface area is 121 Å². The molecular weight excluding hydrogens is 272 g/mol. The van der Waals surface area contributed by atoms with Crippen LogP contribution < -0.4 is 5.69 Å². The lowest BCUT2D eigenvalue weighted by Crippen LogP contribution is -2.39. The minimum absolute atomic E-state index is 0.117. The number of likely N-dealkylation sites (N-methyl/N-ethyl adjacent to an activating group) is 1. The van der Waals surface area contributed by atoms with Gasteiger partial charge in [0.1, 0.15) is 6.54 Å². The van der Waals surface area contributed by atoms with Crippen LogP contribution in [0, 0.1) is 5.92 Å². The van der Waals surface area contributed by atoms with Crippen molar-refractivity contribution in [1.29, 1.82) is 0 Å². The summed E-state index contributed by atoms with van der Waals surface area (Å²) >= 11 is 0.